The van der Waals surface area contributed by atoms with Crippen LogP contribution in [0.5, 0.6) is 17.2 Å². The number of carbonyl (C=O) groups excluding carboxylic acids is 2. The fourth-order valence-corrected chi connectivity index (χ4v) is 4.13. The lowest BCUT2D eigenvalue weighted by molar-refractivity contribution is -0.118. The molecule has 0 aliphatic heterocycles. The van der Waals surface area contributed by atoms with E-state index in [0.717, 1.165) is 10.0 Å². The molecule has 8 nitrogen and oxygen atoms in total. The SMILES string of the molecule is CCOc1cc(C(=O)N/N=C/c2cc(Br)ccc2OCC(=O)Nc2ccc(Cl)cc2)ccc1OCc1ccccc1. The molecule has 2 amide bonds. The van der Waals surface area contributed by atoms with Gasteiger partial charge in [0.1, 0.15) is 12.4 Å². The normalized spacial score (nSPS) is 10.7. The number of halogens is 2. The number of rotatable bonds is 12. The Balaban J connectivity index is 1.37. The summed E-state index contributed by atoms with van der Waals surface area (Å²) in [5.74, 6) is 0.631. The summed E-state index contributed by atoms with van der Waals surface area (Å²) in [7, 11) is 0. The average molecular weight is 637 g/mol. The lowest BCUT2D eigenvalue weighted by Gasteiger charge is -2.13. The minimum atomic E-state index is -0.434. The van der Waals surface area contributed by atoms with Crippen LogP contribution >= 0.6 is 27.5 Å². The Labute approximate surface area is 251 Å². The summed E-state index contributed by atoms with van der Waals surface area (Å²) >= 11 is 9.30. The largest absolute Gasteiger partial charge is 0.490 e. The van der Waals surface area contributed by atoms with E-state index in [0.29, 0.717) is 52.3 Å². The number of amides is 2. The van der Waals surface area contributed by atoms with Gasteiger partial charge in [-0.05, 0) is 73.2 Å². The monoisotopic (exact) mass is 635 g/mol. The van der Waals surface area contributed by atoms with Gasteiger partial charge < -0.3 is 19.5 Å². The number of benzene rings is 4. The Morgan fingerprint density at radius 3 is 2.39 bits per heavy atom. The molecule has 0 spiro atoms. The smallest absolute Gasteiger partial charge is 0.271 e. The minimum absolute atomic E-state index is 0.226. The number of nitrogens with one attached hydrogen (secondary N) is 2. The van der Waals surface area contributed by atoms with Gasteiger partial charge in [-0.3, -0.25) is 9.59 Å². The fourth-order valence-electron chi connectivity index (χ4n) is 3.62. The molecule has 0 heterocycles. The quantitative estimate of drug-likeness (QED) is 0.131. The molecular formula is C31H27BrClN3O5. The summed E-state index contributed by atoms with van der Waals surface area (Å²) in [5.41, 5.74) is 5.04. The Morgan fingerprint density at radius 2 is 1.63 bits per heavy atom. The molecule has 2 N–H and O–H groups in total. The lowest BCUT2D eigenvalue weighted by atomic mass is 10.2. The summed E-state index contributed by atoms with van der Waals surface area (Å²) in [6.45, 7) is 2.41. The van der Waals surface area contributed by atoms with E-state index in [1.54, 1.807) is 60.7 Å². The Bertz CT molecular complexity index is 1510. The molecule has 0 saturated carbocycles. The molecule has 0 bridgehead atoms. The molecule has 0 fully saturated rings. The number of nitrogens with zero attached hydrogens (tertiary/aromatic N) is 1. The van der Waals surface area contributed by atoms with E-state index < -0.39 is 5.91 Å². The maximum atomic E-state index is 12.8. The van der Waals surface area contributed by atoms with Gasteiger partial charge in [-0.2, -0.15) is 5.10 Å². The van der Waals surface area contributed by atoms with Gasteiger partial charge in [0.25, 0.3) is 11.8 Å². The first-order valence-electron chi connectivity index (χ1n) is 12.7. The van der Waals surface area contributed by atoms with E-state index in [4.69, 9.17) is 25.8 Å². The zero-order chi connectivity index (χ0) is 29.0. The second-order valence-electron chi connectivity index (χ2n) is 8.59. The van der Waals surface area contributed by atoms with E-state index in [9.17, 15) is 9.59 Å². The van der Waals surface area contributed by atoms with Crippen LogP contribution in [0.25, 0.3) is 0 Å². The lowest BCUT2D eigenvalue weighted by Crippen LogP contribution is -2.20. The van der Waals surface area contributed by atoms with Crippen LogP contribution in [-0.4, -0.2) is 31.2 Å². The number of hydrogen-bond donors (Lipinski definition) is 2. The molecular weight excluding hydrogens is 610 g/mol. The van der Waals surface area contributed by atoms with Gasteiger partial charge >= 0.3 is 0 Å². The van der Waals surface area contributed by atoms with E-state index >= 15 is 0 Å². The Kier molecular flexibility index (Phi) is 10.8. The number of carbonyl (C=O) groups is 2. The van der Waals surface area contributed by atoms with Crippen molar-refractivity contribution < 1.29 is 23.8 Å². The van der Waals surface area contributed by atoms with Gasteiger partial charge in [0.05, 0.1) is 12.8 Å². The number of anilines is 1. The molecule has 10 heteroatoms. The first-order valence-corrected chi connectivity index (χ1v) is 13.8. The standard InChI is InChI=1S/C31H27BrClN3O5/c1-2-39-29-17-22(8-14-28(29)40-19-21-6-4-3-5-7-21)31(38)36-34-18-23-16-24(32)9-15-27(23)41-20-30(37)35-26-12-10-25(33)11-13-26/h3-18H,2,19-20H2,1H3,(H,35,37)(H,36,38)/b34-18+. The van der Waals surface area contributed by atoms with Crippen molar-refractivity contribution in [2.75, 3.05) is 18.5 Å². The molecule has 0 atom stereocenters. The van der Waals surface area contributed by atoms with Crippen LogP contribution in [0.4, 0.5) is 5.69 Å². The number of hydrogen-bond acceptors (Lipinski definition) is 6. The van der Waals surface area contributed by atoms with Crippen molar-refractivity contribution in [2.45, 2.75) is 13.5 Å². The van der Waals surface area contributed by atoms with Crippen LogP contribution in [0.3, 0.4) is 0 Å². The van der Waals surface area contributed by atoms with Crippen LogP contribution in [0.15, 0.2) is 101 Å². The zero-order valence-corrected chi connectivity index (χ0v) is 24.4. The van der Waals surface area contributed by atoms with Crippen LogP contribution in [0.1, 0.15) is 28.4 Å². The van der Waals surface area contributed by atoms with Gasteiger partial charge in [0.15, 0.2) is 18.1 Å². The highest BCUT2D eigenvalue weighted by atomic mass is 79.9. The van der Waals surface area contributed by atoms with Gasteiger partial charge in [-0.25, -0.2) is 5.43 Å². The molecule has 0 unspecified atom stereocenters. The van der Waals surface area contributed by atoms with Gasteiger partial charge in [-0.1, -0.05) is 57.9 Å². The molecule has 4 aromatic carbocycles. The average Bonchev–Trinajstić information content (AvgIpc) is 2.98. The van der Waals surface area contributed by atoms with Crippen molar-refractivity contribution in [1.29, 1.82) is 0 Å². The van der Waals surface area contributed by atoms with Gasteiger partial charge in [-0.15, -0.1) is 0 Å². The zero-order valence-electron chi connectivity index (χ0n) is 22.1. The summed E-state index contributed by atoms with van der Waals surface area (Å²) in [6.07, 6.45) is 1.44. The Morgan fingerprint density at radius 1 is 0.878 bits per heavy atom. The first kappa shape index (κ1) is 29.6. The second kappa shape index (κ2) is 14.9. The van der Waals surface area contributed by atoms with Crippen LogP contribution in [0, 0.1) is 0 Å². The third kappa shape index (κ3) is 9.09. The topological polar surface area (TPSA) is 98.3 Å². The van der Waals surface area contributed by atoms with Crippen LogP contribution < -0.4 is 25.0 Å². The summed E-state index contributed by atoms with van der Waals surface area (Å²) in [5, 5.41) is 7.40. The number of ether oxygens (including phenoxy) is 3. The maximum absolute atomic E-state index is 12.8. The molecule has 0 aliphatic carbocycles. The van der Waals surface area contributed by atoms with Crippen molar-refractivity contribution >= 4 is 51.2 Å². The summed E-state index contributed by atoms with van der Waals surface area (Å²) in [4.78, 5) is 25.2. The minimum Gasteiger partial charge on any atom is -0.490 e. The molecule has 0 radical (unpaired) electrons. The molecule has 210 valence electrons. The fraction of sp³-hybridized carbons (Fsp3) is 0.129. The van der Waals surface area contributed by atoms with Crippen molar-refractivity contribution in [1.82, 2.24) is 5.43 Å². The van der Waals surface area contributed by atoms with Crippen LogP contribution in [-0.2, 0) is 11.4 Å². The molecule has 0 aromatic heterocycles. The second-order valence-corrected chi connectivity index (χ2v) is 9.95. The van der Waals surface area contributed by atoms with E-state index in [2.05, 4.69) is 31.8 Å². The highest BCUT2D eigenvalue weighted by molar-refractivity contribution is 9.10. The third-order valence-electron chi connectivity index (χ3n) is 5.57. The molecule has 4 aromatic rings. The van der Waals surface area contributed by atoms with Crippen LogP contribution in [0.2, 0.25) is 5.02 Å². The molecule has 0 aliphatic rings. The molecule has 0 saturated heterocycles. The van der Waals surface area contributed by atoms with Crippen molar-refractivity contribution in [3.05, 3.63) is 117 Å². The predicted molar refractivity (Wildman–Crippen MR) is 163 cm³/mol. The third-order valence-corrected chi connectivity index (χ3v) is 6.32. The summed E-state index contributed by atoms with van der Waals surface area (Å²) < 4.78 is 18.1. The Hall–Kier alpha value is -4.34. The van der Waals surface area contributed by atoms with Crippen molar-refractivity contribution in [2.24, 2.45) is 5.10 Å². The van der Waals surface area contributed by atoms with Crippen molar-refractivity contribution in [3.63, 3.8) is 0 Å². The predicted octanol–water partition coefficient (Wildman–Crippen LogP) is 6.86. The highest BCUT2D eigenvalue weighted by Gasteiger charge is 2.12. The van der Waals surface area contributed by atoms with E-state index in [-0.39, 0.29) is 12.5 Å². The highest BCUT2D eigenvalue weighted by Crippen LogP contribution is 2.29. The maximum Gasteiger partial charge on any atom is 0.271 e. The number of hydrazone groups is 1. The molecule has 41 heavy (non-hydrogen) atoms. The van der Waals surface area contributed by atoms with Crippen molar-refractivity contribution in [3.8, 4) is 17.2 Å². The van der Waals surface area contributed by atoms with E-state index in [1.165, 1.54) is 6.21 Å². The van der Waals surface area contributed by atoms with E-state index in [1.807, 2.05) is 37.3 Å². The molecule has 4 rings (SSSR count). The summed E-state index contributed by atoms with van der Waals surface area (Å²) in [6, 6.07) is 26.7. The van der Waals surface area contributed by atoms with Gasteiger partial charge in [0, 0.05) is 26.3 Å². The van der Waals surface area contributed by atoms with Gasteiger partial charge in [0.2, 0.25) is 0 Å². The first-order chi connectivity index (χ1) is 19.9.